The maximum atomic E-state index is 12.6. The molecule has 0 bridgehead atoms. The molecule has 1 saturated heterocycles. The molecule has 0 atom stereocenters. The molecule has 0 aromatic carbocycles. The maximum Gasteiger partial charge on any atom is 0.272 e. The molecule has 0 radical (unpaired) electrons. The summed E-state index contributed by atoms with van der Waals surface area (Å²) in [4.78, 5) is 27.7. The number of hydrogen-bond acceptors (Lipinski definition) is 5. The summed E-state index contributed by atoms with van der Waals surface area (Å²) in [7, 11) is 0. The molecule has 124 valence electrons. The van der Waals surface area contributed by atoms with Gasteiger partial charge in [-0.3, -0.25) is 9.78 Å². The van der Waals surface area contributed by atoms with Gasteiger partial charge in [0, 0.05) is 24.4 Å². The molecule has 24 heavy (non-hydrogen) atoms. The van der Waals surface area contributed by atoms with E-state index in [9.17, 15) is 4.79 Å². The molecule has 0 aliphatic carbocycles. The first kappa shape index (κ1) is 15.2. The molecule has 6 heteroatoms. The van der Waals surface area contributed by atoms with Crippen LogP contribution in [0.25, 0.3) is 0 Å². The molecule has 1 amide bonds. The van der Waals surface area contributed by atoms with E-state index in [2.05, 4.69) is 21.9 Å². The van der Waals surface area contributed by atoms with Crippen molar-refractivity contribution in [2.75, 3.05) is 13.1 Å². The van der Waals surface area contributed by atoms with E-state index in [0.717, 1.165) is 35.5 Å². The van der Waals surface area contributed by atoms with Gasteiger partial charge in [0.25, 0.3) is 5.91 Å². The van der Waals surface area contributed by atoms with E-state index in [-0.39, 0.29) is 5.91 Å². The number of pyridine rings is 1. The number of aryl methyl sites for hydroxylation is 2. The van der Waals surface area contributed by atoms with Gasteiger partial charge < -0.3 is 9.64 Å². The van der Waals surface area contributed by atoms with Gasteiger partial charge in [0.2, 0.25) is 0 Å². The summed E-state index contributed by atoms with van der Waals surface area (Å²) in [6, 6.07) is 3.74. The highest BCUT2D eigenvalue weighted by Gasteiger charge is 2.52. The monoisotopic (exact) mass is 324 g/mol. The summed E-state index contributed by atoms with van der Waals surface area (Å²) in [6.45, 7) is 5.58. The highest BCUT2D eigenvalue weighted by Crippen LogP contribution is 2.43. The molecule has 0 N–H and O–H groups in total. The molecule has 0 saturated carbocycles. The van der Waals surface area contributed by atoms with Gasteiger partial charge in [0.05, 0.1) is 25.4 Å². The second kappa shape index (κ2) is 5.63. The number of fused-ring (bicyclic) bond motifs is 2. The van der Waals surface area contributed by atoms with Crippen molar-refractivity contribution in [2.24, 2.45) is 0 Å². The standard InChI is InChI=1S/C18H20N4O2/c1-3-5-15-20-8-13-14(21-15)9-24-18(13)10-22(11-18)17(23)16-12(2)6-4-7-19-16/h4,6-8H,3,5,9-11H2,1-2H3. The van der Waals surface area contributed by atoms with Crippen LogP contribution in [0.5, 0.6) is 0 Å². The minimum absolute atomic E-state index is 0.0423. The Labute approximate surface area is 140 Å². The SMILES string of the molecule is CCCc1ncc2c(n1)COC21CN(C(=O)c2ncccc2C)C1. The Bertz CT molecular complexity index is 799. The van der Waals surface area contributed by atoms with Crippen LogP contribution in [0.1, 0.15) is 46.5 Å². The Balaban J connectivity index is 1.52. The lowest BCUT2D eigenvalue weighted by molar-refractivity contribution is -0.126. The predicted octanol–water partition coefficient (Wildman–Crippen LogP) is 2.01. The van der Waals surface area contributed by atoms with Gasteiger partial charge in [-0.05, 0) is 25.0 Å². The van der Waals surface area contributed by atoms with Crippen molar-refractivity contribution in [3.63, 3.8) is 0 Å². The Kier molecular flexibility index (Phi) is 3.57. The smallest absolute Gasteiger partial charge is 0.272 e. The highest BCUT2D eigenvalue weighted by molar-refractivity contribution is 5.94. The molecule has 2 aliphatic rings. The summed E-state index contributed by atoms with van der Waals surface area (Å²) in [5.74, 6) is 0.826. The van der Waals surface area contributed by atoms with Crippen molar-refractivity contribution in [3.05, 3.63) is 52.9 Å². The second-order valence-electron chi connectivity index (χ2n) is 6.51. The highest BCUT2D eigenvalue weighted by atomic mass is 16.5. The van der Waals surface area contributed by atoms with Crippen LogP contribution >= 0.6 is 0 Å². The second-order valence-corrected chi connectivity index (χ2v) is 6.51. The Hall–Kier alpha value is -2.34. The van der Waals surface area contributed by atoms with Gasteiger partial charge in [-0.1, -0.05) is 13.0 Å². The van der Waals surface area contributed by atoms with Crippen LogP contribution in [0.4, 0.5) is 0 Å². The minimum atomic E-state index is -0.432. The lowest BCUT2D eigenvalue weighted by Gasteiger charge is -2.47. The van der Waals surface area contributed by atoms with Gasteiger partial charge >= 0.3 is 0 Å². The number of amides is 1. The maximum absolute atomic E-state index is 12.6. The first-order chi connectivity index (χ1) is 11.6. The van der Waals surface area contributed by atoms with Crippen molar-refractivity contribution in [2.45, 2.75) is 38.9 Å². The van der Waals surface area contributed by atoms with E-state index < -0.39 is 5.60 Å². The first-order valence-corrected chi connectivity index (χ1v) is 8.33. The van der Waals surface area contributed by atoms with Gasteiger partial charge in [-0.15, -0.1) is 0 Å². The number of rotatable bonds is 3. The fraction of sp³-hybridized carbons (Fsp3) is 0.444. The zero-order valence-corrected chi connectivity index (χ0v) is 14.0. The van der Waals surface area contributed by atoms with Crippen LogP contribution in [0, 0.1) is 6.92 Å². The predicted molar refractivity (Wildman–Crippen MR) is 87.4 cm³/mol. The lowest BCUT2D eigenvalue weighted by atomic mass is 9.87. The molecule has 6 nitrogen and oxygen atoms in total. The zero-order chi connectivity index (χ0) is 16.7. The van der Waals surface area contributed by atoms with E-state index >= 15 is 0 Å². The van der Waals surface area contributed by atoms with Crippen molar-refractivity contribution >= 4 is 5.91 Å². The summed E-state index contributed by atoms with van der Waals surface area (Å²) >= 11 is 0. The molecule has 2 aromatic heterocycles. The van der Waals surface area contributed by atoms with Crippen LogP contribution in [-0.4, -0.2) is 38.8 Å². The molecule has 1 fully saturated rings. The normalized spacial score (nSPS) is 17.7. The molecular weight excluding hydrogens is 304 g/mol. The molecule has 0 unspecified atom stereocenters. The lowest BCUT2D eigenvalue weighted by Crippen LogP contribution is -2.61. The number of likely N-dealkylation sites (tertiary alicyclic amines) is 1. The fourth-order valence-corrected chi connectivity index (χ4v) is 3.41. The quantitative estimate of drug-likeness (QED) is 0.864. The number of carbonyl (C=O) groups excluding carboxylic acids is 1. The summed E-state index contributed by atoms with van der Waals surface area (Å²) in [5.41, 5.74) is 2.97. The Morgan fingerprint density at radius 1 is 1.38 bits per heavy atom. The molecular formula is C18H20N4O2. The van der Waals surface area contributed by atoms with Crippen molar-refractivity contribution in [1.29, 1.82) is 0 Å². The van der Waals surface area contributed by atoms with E-state index in [1.807, 2.05) is 25.3 Å². The summed E-state index contributed by atoms with van der Waals surface area (Å²) in [6.07, 6.45) is 5.44. The Morgan fingerprint density at radius 2 is 2.21 bits per heavy atom. The Morgan fingerprint density at radius 3 is 2.96 bits per heavy atom. The minimum Gasteiger partial charge on any atom is -0.360 e. The van der Waals surface area contributed by atoms with Gasteiger partial charge in [0.1, 0.15) is 17.1 Å². The van der Waals surface area contributed by atoms with E-state index in [4.69, 9.17) is 4.74 Å². The number of ether oxygens (including phenoxy) is 1. The largest absolute Gasteiger partial charge is 0.360 e. The van der Waals surface area contributed by atoms with Gasteiger partial charge in [-0.2, -0.15) is 0 Å². The molecule has 4 heterocycles. The average Bonchev–Trinajstić information content (AvgIpc) is 2.92. The van der Waals surface area contributed by atoms with Crippen LogP contribution in [-0.2, 0) is 23.4 Å². The molecule has 2 aromatic rings. The van der Waals surface area contributed by atoms with Gasteiger partial charge in [0.15, 0.2) is 0 Å². The van der Waals surface area contributed by atoms with E-state index in [0.29, 0.717) is 25.4 Å². The van der Waals surface area contributed by atoms with Crippen molar-refractivity contribution in [1.82, 2.24) is 19.9 Å². The number of aromatic nitrogens is 3. The number of hydrogen-bond donors (Lipinski definition) is 0. The van der Waals surface area contributed by atoms with E-state index in [1.54, 1.807) is 11.1 Å². The number of nitrogens with zero attached hydrogens (tertiary/aromatic N) is 4. The summed E-state index contributed by atoms with van der Waals surface area (Å²) < 4.78 is 6.01. The van der Waals surface area contributed by atoms with E-state index in [1.165, 1.54) is 0 Å². The summed E-state index contributed by atoms with van der Waals surface area (Å²) in [5, 5.41) is 0. The fourth-order valence-electron chi connectivity index (χ4n) is 3.41. The third-order valence-corrected chi connectivity index (χ3v) is 4.76. The van der Waals surface area contributed by atoms with Crippen LogP contribution < -0.4 is 0 Å². The van der Waals surface area contributed by atoms with Gasteiger partial charge in [-0.25, -0.2) is 9.97 Å². The first-order valence-electron chi connectivity index (χ1n) is 8.33. The topological polar surface area (TPSA) is 68.2 Å². The van der Waals surface area contributed by atoms with Crippen LogP contribution in [0.15, 0.2) is 24.5 Å². The van der Waals surface area contributed by atoms with Crippen molar-refractivity contribution in [3.8, 4) is 0 Å². The number of carbonyl (C=O) groups is 1. The zero-order valence-electron chi connectivity index (χ0n) is 14.0. The van der Waals surface area contributed by atoms with Crippen LogP contribution in [0.3, 0.4) is 0 Å². The third-order valence-electron chi connectivity index (χ3n) is 4.76. The average molecular weight is 324 g/mol. The van der Waals surface area contributed by atoms with Crippen LogP contribution in [0.2, 0.25) is 0 Å². The third kappa shape index (κ3) is 2.29. The molecule has 2 aliphatic heterocycles. The molecule has 4 rings (SSSR count). The van der Waals surface area contributed by atoms with Crippen molar-refractivity contribution < 1.29 is 9.53 Å². The molecule has 1 spiro atoms.